The molecule has 0 saturated carbocycles. The van der Waals surface area contributed by atoms with Crippen molar-refractivity contribution < 1.29 is 18.3 Å². The first-order valence-electron chi connectivity index (χ1n) is 6.81. The number of nitrogens with one attached hydrogen (secondary N) is 1. The largest absolute Gasteiger partial charge is 0.506 e. The van der Waals surface area contributed by atoms with Crippen molar-refractivity contribution in [3.05, 3.63) is 36.0 Å². The molecule has 3 nitrogen and oxygen atoms in total. The highest BCUT2D eigenvalue weighted by Gasteiger charge is 2.31. The van der Waals surface area contributed by atoms with Crippen LogP contribution in [0.2, 0.25) is 0 Å². The van der Waals surface area contributed by atoms with Gasteiger partial charge in [-0.25, -0.2) is 4.99 Å². The topological polar surface area (TPSA) is 44.6 Å². The van der Waals surface area contributed by atoms with Gasteiger partial charge in [0.15, 0.2) is 0 Å². The molecule has 0 aliphatic carbocycles. The maximum absolute atomic E-state index is 12.6. The van der Waals surface area contributed by atoms with Gasteiger partial charge >= 0.3 is 6.18 Å². The van der Waals surface area contributed by atoms with Gasteiger partial charge in [-0.15, -0.1) is 0 Å². The summed E-state index contributed by atoms with van der Waals surface area (Å²) >= 11 is 0. The lowest BCUT2D eigenvalue weighted by Gasteiger charge is -2.21. The van der Waals surface area contributed by atoms with E-state index in [-0.39, 0.29) is 11.6 Å². The van der Waals surface area contributed by atoms with E-state index in [1.807, 2.05) is 6.08 Å². The summed E-state index contributed by atoms with van der Waals surface area (Å²) in [6.07, 6.45) is 1.90. The van der Waals surface area contributed by atoms with Gasteiger partial charge in [0.05, 0.1) is 11.3 Å². The number of hydrogen-bond acceptors (Lipinski definition) is 3. The van der Waals surface area contributed by atoms with Crippen LogP contribution in [0.5, 0.6) is 5.75 Å². The minimum Gasteiger partial charge on any atom is -0.506 e. The Morgan fingerprint density at radius 2 is 2.14 bits per heavy atom. The van der Waals surface area contributed by atoms with E-state index in [4.69, 9.17) is 0 Å². The van der Waals surface area contributed by atoms with E-state index in [0.29, 0.717) is 5.84 Å². The summed E-state index contributed by atoms with van der Waals surface area (Å²) in [6.45, 7) is 2.06. The Labute approximate surface area is 121 Å². The first-order valence-corrected chi connectivity index (χ1v) is 6.81. The molecule has 2 N–H and O–H groups in total. The predicted molar refractivity (Wildman–Crippen MR) is 76.3 cm³/mol. The van der Waals surface area contributed by atoms with Gasteiger partial charge in [0.25, 0.3) is 0 Å². The average molecular weight is 298 g/mol. The molecule has 1 aromatic rings. The molecule has 21 heavy (non-hydrogen) atoms. The lowest BCUT2D eigenvalue weighted by atomic mass is 9.96. The fourth-order valence-corrected chi connectivity index (χ4v) is 2.26. The van der Waals surface area contributed by atoms with Gasteiger partial charge in [-0.05, 0) is 31.0 Å². The van der Waals surface area contributed by atoms with Crippen molar-refractivity contribution in [2.45, 2.75) is 32.4 Å². The van der Waals surface area contributed by atoms with Crippen LogP contribution < -0.4 is 5.32 Å². The summed E-state index contributed by atoms with van der Waals surface area (Å²) in [5.41, 5.74) is -0.640. The van der Waals surface area contributed by atoms with Crippen molar-refractivity contribution in [2.24, 2.45) is 10.9 Å². The highest BCUT2D eigenvalue weighted by atomic mass is 19.4. The third kappa shape index (κ3) is 3.77. The van der Waals surface area contributed by atoms with E-state index in [9.17, 15) is 18.3 Å². The quantitative estimate of drug-likeness (QED) is 0.804. The van der Waals surface area contributed by atoms with Gasteiger partial charge in [0.2, 0.25) is 0 Å². The van der Waals surface area contributed by atoms with Crippen LogP contribution in [-0.4, -0.2) is 10.9 Å². The lowest BCUT2D eigenvalue weighted by Crippen LogP contribution is -2.24. The van der Waals surface area contributed by atoms with Crippen LogP contribution in [0.1, 0.15) is 31.7 Å². The minimum atomic E-state index is -4.47. The summed E-state index contributed by atoms with van der Waals surface area (Å²) < 4.78 is 37.7. The van der Waals surface area contributed by atoms with Crippen LogP contribution in [0.3, 0.4) is 0 Å². The van der Waals surface area contributed by atoms with Crippen molar-refractivity contribution in [1.29, 1.82) is 0 Å². The number of phenols is 1. The Balaban J connectivity index is 2.19. The normalized spacial score (nSPS) is 18.5. The van der Waals surface area contributed by atoms with Gasteiger partial charge in [0.1, 0.15) is 11.6 Å². The van der Waals surface area contributed by atoms with Crippen LogP contribution in [0.4, 0.5) is 18.9 Å². The molecule has 6 heteroatoms. The molecular formula is C15H17F3N2O. The highest BCUT2D eigenvalue weighted by molar-refractivity contribution is 5.99. The van der Waals surface area contributed by atoms with Gasteiger partial charge in [0, 0.05) is 12.1 Å². The SMILES string of the molecule is CCCC1CC=CN=C1Nc1ccc(C(F)(F)F)cc1O. The third-order valence-electron chi connectivity index (χ3n) is 3.35. The monoisotopic (exact) mass is 298 g/mol. The highest BCUT2D eigenvalue weighted by Crippen LogP contribution is 2.35. The molecule has 1 heterocycles. The van der Waals surface area contributed by atoms with E-state index < -0.39 is 17.5 Å². The van der Waals surface area contributed by atoms with E-state index >= 15 is 0 Å². The van der Waals surface area contributed by atoms with Crippen molar-refractivity contribution >= 4 is 11.5 Å². The second kappa shape index (κ2) is 6.20. The number of phenolic OH excluding ortho intramolecular Hbond substituents is 1. The van der Waals surface area contributed by atoms with Crippen LogP contribution >= 0.6 is 0 Å². The Morgan fingerprint density at radius 1 is 1.38 bits per heavy atom. The first-order chi connectivity index (χ1) is 9.91. The molecule has 0 bridgehead atoms. The number of allylic oxidation sites excluding steroid dienone is 1. The maximum Gasteiger partial charge on any atom is 0.416 e. The van der Waals surface area contributed by atoms with Crippen LogP contribution in [-0.2, 0) is 6.18 Å². The van der Waals surface area contributed by atoms with E-state index in [0.717, 1.165) is 31.4 Å². The molecule has 0 spiro atoms. The number of benzene rings is 1. The number of hydrogen-bond donors (Lipinski definition) is 2. The average Bonchev–Trinajstić information content (AvgIpc) is 2.42. The van der Waals surface area contributed by atoms with Gasteiger partial charge in [-0.2, -0.15) is 13.2 Å². The second-order valence-electron chi connectivity index (χ2n) is 4.98. The van der Waals surface area contributed by atoms with E-state index in [1.165, 1.54) is 6.07 Å². The molecule has 0 aromatic heterocycles. The number of aromatic hydroxyl groups is 1. The zero-order valence-corrected chi connectivity index (χ0v) is 11.6. The van der Waals surface area contributed by atoms with Crippen molar-refractivity contribution in [1.82, 2.24) is 0 Å². The lowest BCUT2D eigenvalue weighted by molar-refractivity contribution is -0.137. The van der Waals surface area contributed by atoms with Crippen LogP contribution in [0.15, 0.2) is 35.5 Å². The van der Waals surface area contributed by atoms with Crippen molar-refractivity contribution in [2.75, 3.05) is 5.32 Å². The van der Waals surface area contributed by atoms with Crippen LogP contribution in [0.25, 0.3) is 0 Å². The number of anilines is 1. The van der Waals surface area contributed by atoms with Crippen molar-refractivity contribution in [3.8, 4) is 5.75 Å². The van der Waals surface area contributed by atoms with Gasteiger partial charge < -0.3 is 10.4 Å². The standard InChI is InChI=1S/C15H17F3N2O/c1-2-4-10-5-3-8-19-14(10)20-12-7-6-11(9-13(12)21)15(16,17)18/h3,6-10,21H,2,4-5H2,1H3,(H,19,20). The molecule has 1 aromatic carbocycles. The molecule has 0 fully saturated rings. The fraction of sp³-hybridized carbons (Fsp3) is 0.400. The Hall–Kier alpha value is -1.98. The molecular weight excluding hydrogens is 281 g/mol. The molecule has 0 saturated heterocycles. The molecule has 114 valence electrons. The Bertz CT molecular complexity index is 565. The molecule has 0 amide bonds. The smallest absolute Gasteiger partial charge is 0.416 e. The molecule has 1 aliphatic heterocycles. The molecule has 1 unspecified atom stereocenters. The predicted octanol–water partition coefficient (Wildman–Crippen LogP) is 4.56. The molecule has 1 aliphatic rings. The zero-order valence-electron chi connectivity index (χ0n) is 11.6. The zero-order chi connectivity index (χ0) is 15.5. The number of halogens is 3. The summed E-state index contributed by atoms with van der Waals surface area (Å²) in [5, 5.41) is 12.7. The fourth-order valence-electron chi connectivity index (χ4n) is 2.26. The van der Waals surface area contributed by atoms with Crippen LogP contribution in [0, 0.1) is 5.92 Å². The van der Waals surface area contributed by atoms with Crippen molar-refractivity contribution in [3.63, 3.8) is 0 Å². The third-order valence-corrected chi connectivity index (χ3v) is 3.35. The maximum atomic E-state index is 12.6. The molecule has 1 atom stereocenters. The summed E-state index contributed by atoms with van der Waals surface area (Å²) in [4.78, 5) is 4.23. The summed E-state index contributed by atoms with van der Waals surface area (Å²) in [6, 6.07) is 2.88. The van der Waals surface area contributed by atoms with E-state index in [1.54, 1.807) is 6.20 Å². The number of amidine groups is 1. The number of aliphatic imine (C=N–C) groups is 1. The summed E-state index contributed by atoms with van der Waals surface area (Å²) in [5.74, 6) is 0.438. The van der Waals surface area contributed by atoms with Gasteiger partial charge in [-0.1, -0.05) is 19.4 Å². The second-order valence-corrected chi connectivity index (χ2v) is 4.98. The number of rotatable bonds is 3. The first kappa shape index (κ1) is 15.4. The number of alkyl halides is 3. The number of nitrogens with zero attached hydrogens (tertiary/aromatic N) is 1. The molecule has 0 radical (unpaired) electrons. The van der Waals surface area contributed by atoms with Gasteiger partial charge in [-0.3, -0.25) is 0 Å². The van der Waals surface area contributed by atoms with E-state index in [2.05, 4.69) is 17.2 Å². The Morgan fingerprint density at radius 3 is 2.76 bits per heavy atom. The summed E-state index contributed by atoms with van der Waals surface area (Å²) in [7, 11) is 0. The molecule has 2 rings (SSSR count). The Kier molecular flexibility index (Phi) is 4.55. The minimum absolute atomic E-state index is 0.196.